The van der Waals surface area contributed by atoms with Crippen molar-refractivity contribution >= 4 is 24.3 Å². The molecule has 0 saturated carbocycles. The van der Waals surface area contributed by atoms with Crippen molar-refractivity contribution in [3.8, 4) is 0 Å². The molecule has 0 unspecified atom stereocenters. The normalized spacial score (nSPS) is 31.9. The van der Waals surface area contributed by atoms with Crippen LogP contribution in [0, 0.1) is 6.92 Å². The molecule has 2 aromatic heterocycles. The van der Waals surface area contributed by atoms with E-state index in [9.17, 15) is 9.90 Å². The first-order valence-electron chi connectivity index (χ1n) is 8.28. The number of aromatic nitrogens is 4. The molecule has 0 amide bonds. The van der Waals surface area contributed by atoms with Gasteiger partial charge in [-0.1, -0.05) is 0 Å². The molecule has 0 radical (unpaired) electrons. The third kappa shape index (κ3) is 2.68. The highest BCUT2D eigenvalue weighted by Crippen LogP contribution is 2.49. The molecule has 0 aliphatic carbocycles. The van der Waals surface area contributed by atoms with Crippen LogP contribution in [0.4, 0.5) is 0 Å². The van der Waals surface area contributed by atoms with E-state index in [-0.39, 0.29) is 11.1 Å². The predicted molar refractivity (Wildman–Crippen MR) is 96.9 cm³/mol. The second-order valence-electron chi connectivity index (χ2n) is 7.68. The van der Waals surface area contributed by atoms with Crippen molar-refractivity contribution in [2.75, 3.05) is 26.1 Å². The second-order valence-corrected chi connectivity index (χ2v) is 12.0. The summed E-state index contributed by atoms with van der Waals surface area (Å²) in [4.78, 5) is 23.2. The van der Waals surface area contributed by atoms with Gasteiger partial charge in [-0.2, -0.15) is 0 Å². The van der Waals surface area contributed by atoms with E-state index in [4.69, 9.17) is 9.47 Å². The Morgan fingerprint density at radius 1 is 1.56 bits per heavy atom. The fourth-order valence-corrected chi connectivity index (χ4v) is 4.55. The molecule has 9 heteroatoms. The Morgan fingerprint density at radius 3 is 3.04 bits per heavy atom. The van der Waals surface area contributed by atoms with Gasteiger partial charge in [-0.15, -0.1) is 13.2 Å². The number of fused-ring (bicyclic) bond motifs is 3. The number of nitrogens with zero attached hydrogens (tertiary/aromatic N) is 3. The lowest BCUT2D eigenvalue weighted by molar-refractivity contribution is -0.172. The summed E-state index contributed by atoms with van der Waals surface area (Å²) in [5, 5.41) is 10.7. The summed E-state index contributed by atoms with van der Waals surface area (Å²) in [6, 6.07) is 0. The standard InChI is InChI=1S/C16H23N4O4P/c1-9-18-13-10(14(22)19-9)17-8-20(13)15-11-12(21)16(24-15,7-23-11)5-6-25(2,3)4/h8,11-12,15,21H,2,5-7H2,1,3-4H3,(H,18,19,22)/t11-,12+,15-,16+/m1/s1. The topological polar surface area (TPSA) is 102 Å². The van der Waals surface area contributed by atoms with Crippen LogP contribution in [-0.4, -0.2) is 74.8 Å². The molecule has 8 nitrogen and oxygen atoms in total. The smallest absolute Gasteiger partial charge is 0.279 e. The Kier molecular flexibility index (Phi) is 3.74. The molecule has 0 aromatic carbocycles. The van der Waals surface area contributed by atoms with Gasteiger partial charge >= 0.3 is 0 Å². The van der Waals surface area contributed by atoms with Crippen LogP contribution in [0.5, 0.6) is 0 Å². The third-order valence-corrected chi connectivity index (χ3v) is 6.41. The summed E-state index contributed by atoms with van der Waals surface area (Å²) >= 11 is 0. The van der Waals surface area contributed by atoms with Gasteiger partial charge in [-0.3, -0.25) is 9.36 Å². The Labute approximate surface area is 145 Å². The number of aromatic amines is 1. The highest BCUT2D eigenvalue weighted by Gasteiger charge is 2.61. The van der Waals surface area contributed by atoms with Crippen LogP contribution in [-0.2, 0) is 9.47 Å². The van der Waals surface area contributed by atoms with Gasteiger partial charge in [0.25, 0.3) is 5.56 Å². The molecule has 2 aliphatic rings. The van der Waals surface area contributed by atoms with Crippen LogP contribution in [0.2, 0.25) is 0 Å². The number of imidazole rings is 1. The molecule has 4 rings (SSSR count). The van der Waals surface area contributed by atoms with E-state index in [2.05, 4.69) is 34.6 Å². The zero-order valence-corrected chi connectivity index (χ0v) is 15.5. The fourth-order valence-electron chi connectivity index (χ4n) is 3.57. The maximum atomic E-state index is 12.0. The summed E-state index contributed by atoms with van der Waals surface area (Å²) in [5.41, 5.74) is -0.318. The summed E-state index contributed by atoms with van der Waals surface area (Å²) in [5.74, 6) is 0.502. The lowest BCUT2D eigenvalue weighted by Gasteiger charge is -2.32. The monoisotopic (exact) mass is 366 g/mol. The van der Waals surface area contributed by atoms with E-state index in [0.29, 0.717) is 24.5 Å². The minimum Gasteiger partial charge on any atom is -0.387 e. The summed E-state index contributed by atoms with van der Waals surface area (Å²) < 4.78 is 13.8. The number of aliphatic hydroxyl groups is 1. The number of aryl methyl sites for hydroxylation is 1. The molecular weight excluding hydrogens is 343 g/mol. The zero-order valence-electron chi connectivity index (χ0n) is 14.6. The van der Waals surface area contributed by atoms with Gasteiger partial charge in [0.1, 0.15) is 23.6 Å². The number of H-pyrrole nitrogens is 1. The van der Waals surface area contributed by atoms with Gasteiger partial charge < -0.3 is 19.6 Å². The SMILES string of the molecule is C=P(C)(C)CC[C@@]12CO[C@@H]([C@H](n3cnc4c(=O)[nH]c(C)nc43)O1)[C@@H]2O. The van der Waals surface area contributed by atoms with E-state index in [1.807, 2.05) is 0 Å². The van der Waals surface area contributed by atoms with Gasteiger partial charge in [0.2, 0.25) is 0 Å². The number of hydrogen-bond acceptors (Lipinski definition) is 6. The Hall–Kier alpha value is -1.47. The largest absolute Gasteiger partial charge is 0.387 e. The molecular formula is C16H23N4O4P. The molecule has 2 aromatic rings. The summed E-state index contributed by atoms with van der Waals surface area (Å²) in [6.45, 7) is 5.18. The predicted octanol–water partition coefficient (Wildman–Crippen LogP) is 0.555. The van der Waals surface area contributed by atoms with E-state index >= 15 is 0 Å². The number of nitrogens with one attached hydrogen (secondary N) is 1. The average Bonchev–Trinajstić information content (AvgIpc) is 3.15. The molecule has 2 fully saturated rings. The minimum absolute atomic E-state index is 0.255. The molecule has 2 bridgehead atoms. The van der Waals surface area contributed by atoms with Gasteiger partial charge in [0.15, 0.2) is 17.4 Å². The number of ether oxygens (including phenoxy) is 2. The maximum absolute atomic E-state index is 12.0. The van der Waals surface area contributed by atoms with Crippen molar-refractivity contribution in [1.29, 1.82) is 0 Å². The molecule has 2 aliphatic heterocycles. The van der Waals surface area contributed by atoms with Gasteiger partial charge in [-0.05, 0) is 32.8 Å². The first-order valence-corrected chi connectivity index (χ1v) is 11.3. The Balaban J connectivity index is 1.70. The number of hydrogen-bond donors (Lipinski definition) is 2. The van der Waals surface area contributed by atoms with Crippen molar-refractivity contribution < 1.29 is 14.6 Å². The number of aliphatic hydroxyl groups excluding tert-OH is 1. The van der Waals surface area contributed by atoms with E-state index in [0.717, 1.165) is 6.16 Å². The first kappa shape index (κ1) is 17.0. The fraction of sp³-hybridized carbons (Fsp3) is 0.625. The van der Waals surface area contributed by atoms with Crippen molar-refractivity contribution in [2.45, 2.75) is 37.4 Å². The van der Waals surface area contributed by atoms with Crippen molar-refractivity contribution in [1.82, 2.24) is 19.5 Å². The third-order valence-electron chi connectivity index (χ3n) is 4.97. The van der Waals surface area contributed by atoms with E-state index < -0.39 is 30.9 Å². The van der Waals surface area contributed by atoms with Crippen molar-refractivity contribution in [2.24, 2.45) is 0 Å². The minimum atomic E-state index is -1.24. The van der Waals surface area contributed by atoms with E-state index in [1.165, 1.54) is 6.33 Å². The Morgan fingerprint density at radius 2 is 2.32 bits per heavy atom. The van der Waals surface area contributed by atoms with Gasteiger partial charge in [0, 0.05) is 0 Å². The summed E-state index contributed by atoms with van der Waals surface area (Å²) in [6.07, 6.45) is 5.61. The molecule has 0 spiro atoms. The molecule has 4 heterocycles. The van der Waals surface area contributed by atoms with Crippen molar-refractivity contribution in [3.63, 3.8) is 0 Å². The highest BCUT2D eigenvalue weighted by atomic mass is 31.2. The Bertz CT molecular complexity index is 932. The van der Waals surface area contributed by atoms with Crippen molar-refractivity contribution in [3.05, 3.63) is 22.5 Å². The lowest BCUT2D eigenvalue weighted by Crippen LogP contribution is -2.41. The van der Waals surface area contributed by atoms with Crippen LogP contribution in [0.15, 0.2) is 11.1 Å². The van der Waals surface area contributed by atoms with Gasteiger partial charge in [-0.25, -0.2) is 9.97 Å². The van der Waals surface area contributed by atoms with Crippen LogP contribution < -0.4 is 5.56 Å². The molecule has 25 heavy (non-hydrogen) atoms. The molecule has 2 saturated heterocycles. The maximum Gasteiger partial charge on any atom is 0.279 e. The molecule has 4 atom stereocenters. The molecule has 2 N–H and O–H groups in total. The van der Waals surface area contributed by atoms with E-state index in [1.54, 1.807) is 11.5 Å². The first-order chi connectivity index (χ1) is 11.7. The average molecular weight is 366 g/mol. The van der Waals surface area contributed by atoms with Crippen LogP contribution >= 0.6 is 6.89 Å². The van der Waals surface area contributed by atoms with Crippen LogP contribution in [0.3, 0.4) is 0 Å². The zero-order chi connectivity index (χ0) is 18.0. The molecule has 136 valence electrons. The second kappa shape index (κ2) is 5.51. The quantitative estimate of drug-likeness (QED) is 0.767. The van der Waals surface area contributed by atoms with Gasteiger partial charge in [0.05, 0.1) is 12.9 Å². The highest BCUT2D eigenvalue weighted by molar-refractivity contribution is 7.72. The summed E-state index contributed by atoms with van der Waals surface area (Å²) in [7, 11) is 0. The number of rotatable bonds is 4. The van der Waals surface area contributed by atoms with Crippen LogP contribution in [0.1, 0.15) is 18.5 Å². The lowest BCUT2D eigenvalue weighted by atomic mass is 9.96. The van der Waals surface area contributed by atoms with Crippen LogP contribution in [0.25, 0.3) is 11.2 Å².